The molecule has 1 heterocycles. The number of rotatable bonds is 2. The maximum Gasteiger partial charge on any atom is 0.391 e. The number of amides is 1. The van der Waals surface area contributed by atoms with Gasteiger partial charge < -0.3 is 10.6 Å². The monoisotopic (exact) mass is 264 g/mol. The first-order chi connectivity index (χ1) is 8.30. The third-order valence-corrected chi connectivity index (χ3v) is 4.16. The second-order valence-corrected chi connectivity index (χ2v) is 5.59. The lowest BCUT2D eigenvalue weighted by Gasteiger charge is -2.40. The average molecular weight is 264 g/mol. The number of piperidine rings is 1. The third kappa shape index (κ3) is 2.96. The highest BCUT2D eigenvalue weighted by Gasteiger charge is 2.42. The summed E-state index contributed by atoms with van der Waals surface area (Å²) in [5.74, 6) is -1.34. The van der Waals surface area contributed by atoms with E-state index in [-0.39, 0.29) is 38.3 Å². The number of nitrogens with zero attached hydrogens (tertiary/aromatic N) is 1. The Bertz CT molecular complexity index is 318. The molecule has 0 bridgehead atoms. The van der Waals surface area contributed by atoms with Gasteiger partial charge in [-0.2, -0.15) is 13.2 Å². The Hall–Kier alpha value is -0.780. The van der Waals surface area contributed by atoms with Crippen molar-refractivity contribution in [2.24, 2.45) is 11.7 Å². The van der Waals surface area contributed by atoms with Crippen molar-refractivity contribution in [3.05, 3.63) is 0 Å². The summed E-state index contributed by atoms with van der Waals surface area (Å²) < 4.78 is 37.4. The molecule has 0 unspecified atom stereocenters. The van der Waals surface area contributed by atoms with Crippen molar-refractivity contribution in [2.45, 2.75) is 50.2 Å². The first-order valence-corrected chi connectivity index (χ1v) is 6.44. The number of nitrogens with two attached hydrogens (primary N) is 1. The zero-order chi connectivity index (χ0) is 13.4. The van der Waals surface area contributed by atoms with Crippen LogP contribution in [0.15, 0.2) is 0 Å². The number of carbonyl (C=O) groups excluding carboxylic acids is 1. The molecule has 104 valence electrons. The van der Waals surface area contributed by atoms with Crippen LogP contribution in [0.25, 0.3) is 0 Å². The number of hydrogen-bond acceptors (Lipinski definition) is 2. The number of halogens is 3. The summed E-state index contributed by atoms with van der Waals surface area (Å²) in [6.45, 7) is 0.415. The van der Waals surface area contributed by atoms with E-state index >= 15 is 0 Å². The van der Waals surface area contributed by atoms with Crippen molar-refractivity contribution in [2.75, 3.05) is 13.1 Å². The number of carbonyl (C=O) groups is 1. The minimum atomic E-state index is -4.13. The van der Waals surface area contributed by atoms with E-state index in [9.17, 15) is 18.0 Å². The largest absolute Gasteiger partial charge is 0.391 e. The van der Waals surface area contributed by atoms with Gasteiger partial charge in [0.1, 0.15) is 0 Å². The molecule has 18 heavy (non-hydrogen) atoms. The molecule has 1 saturated carbocycles. The first-order valence-electron chi connectivity index (χ1n) is 6.44. The molecule has 0 aromatic rings. The Morgan fingerprint density at radius 1 is 1.28 bits per heavy atom. The fourth-order valence-electron chi connectivity index (χ4n) is 2.68. The molecule has 0 aromatic heterocycles. The van der Waals surface area contributed by atoms with Crippen LogP contribution in [0, 0.1) is 5.92 Å². The van der Waals surface area contributed by atoms with E-state index in [0.29, 0.717) is 0 Å². The SMILES string of the molecule is NC1(CC(=O)N2CCC(C(F)(F)F)CC2)CCC1. The smallest absolute Gasteiger partial charge is 0.343 e. The highest BCUT2D eigenvalue weighted by atomic mass is 19.4. The molecule has 3 nitrogen and oxygen atoms in total. The van der Waals surface area contributed by atoms with Gasteiger partial charge in [-0.15, -0.1) is 0 Å². The lowest BCUT2D eigenvalue weighted by Crippen LogP contribution is -2.52. The van der Waals surface area contributed by atoms with E-state index in [2.05, 4.69) is 0 Å². The zero-order valence-electron chi connectivity index (χ0n) is 10.3. The predicted molar refractivity (Wildman–Crippen MR) is 60.7 cm³/mol. The molecular formula is C12H19F3N2O. The molecule has 0 spiro atoms. The Morgan fingerprint density at radius 2 is 1.83 bits per heavy atom. The highest BCUT2D eigenvalue weighted by molar-refractivity contribution is 5.77. The van der Waals surface area contributed by atoms with Gasteiger partial charge in [-0.1, -0.05) is 0 Å². The van der Waals surface area contributed by atoms with Crippen molar-refractivity contribution in [3.63, 3.8) is 0 Å². The van der Waals surface area contributed by atoms with Gasteiger partial charge in [0.15, 0.2) is 0 Å². The molecule has 6 heteroatoms. The zero-order valence-corrected chi connectivity index (χ0v) is 10.3. The minimum absolute atomic E-state index is 0.0206. The van der Waals surface area contributed by atoms with E-state index in [1.165, 1.54) is 4.90 Å². The summed E-state index contributed by atoms with van der Waals surface area (Å²) in [6.07, 6.45) is -1.07. The molecule has 2 N–H and O–H groups in total. The van der Waals surface area contributed by atoms with Crippen LogP contribution >= 0.6 is 0 Å². The van der Waals surface area contributed by atoms with Crippen molar-refractivity contribution < 1.29 is 18.0 Å². The molecule has 1 aliphatic heterocycles. The van der Waals surface area contributed by atoms with Crippen molar-refractivity contribution in [1.82, 2.24) is 4.90 Å². The fraction of sp³-hybridized carbons (Fsp3) is 0.917. The van der Waals surface area contributed by atoms with Gasteiger partial charge in [-0.3, -0.25) is 4.79 Å². The van der Waals surface area contributed by atoms with Gasteiger partial charge in [-0.05, 0) is 32.1 Å². The van der Waals surface area contributed by atoms with Gasteiger partial charge in [0, 0.05) is 25.0 Å². The maximum absolute atomic E-state index is 12.5. The molecule has 0 aromatic carbocycles. The normalized spacial score (nSPS) is 24.8. The van der Waals surface area contributed by atoms with E-state index in [1.807, 2.05) is 0 Å². The second kappa shape index (κ2) is 4.72. The Kier molecular flexibility index (Phi) is 3.58. The molecule has 0 atom stereocenters. The standard InChI is InChI=1S/C12H19F3N2O/c13-12(14,15)9-2-6-17(7-3-9)10(18)8-11(16)4-1-5-11/h9H,1-8,16H2. The van der Waals surface area contributed by atoms with Crippen LogP contribution in [0.2, 0.25) is 0 Å². The van der Waals surface area contributed by atoms with E-state index in [4.69, 9.17) is 5.73 Å². The van der Waals surface area contributed by atoms with Gasteiger partial charge >= 0.3 is 6.18 Å². The molecule has 2 fully saturated rings. The van der Waals surface area contributed by atoms with Crippen LogP contribution in [0.4, 0.5) is 13.2 Å². The second-order valence-electron chi connectivity index (χ2n) is 5.59. The predicted octanol–water partition coefficient (Wildman–Crippen LogP) is 2.06. The lowest BCUT2D eigenvalue weighted by atomic mass is 9.75. The quantitative estimate of drug-likeness (QED) is 0.829. The topological polar surface area (TPSA) is 46.3 Å². The molecule has 2 aliphatic rings. The summed E-state index contributed by atoms with van der Waals surface area (Å²) in [4.78, 5) is 13.5. The van der Waals surface area contributed by atoms with E-state index < -0.39 is 17.6 Å². The van der Waals surface area contributed by atoms with Crippen molar-refractivity contribution in [3.8, 4) is 0 Å². The van der Waals surface area contributed by atoms with Gasteiger partial charge in [0.2, 0.25) is 5.91 Å². The van der Waals surface area contributed by atoms with Gasteiger partial charge in [0.25, 0.3) is 0 Å². The molecule has 1 aliphatic carbocycles. The van der Waals surface area contributed by atoms with E-state index in [1.54, 1.807) is 0 Å². The highest BCUT2D eigenvalue weighted by Crippen LogP contribution is 2.36. The van der Waals surface area contributed by atoms with Crippen LogP contribution in [0.3, 0.4) is 0 Å². The summed E-state index contributed by atoms with van der Waals surface area (Å²) in [5, 5.41) is 0. The van der Waals surface area contributed by atoms with Gasteiger partial charge in [-0.25, -0.2) is 0 Å². The van der Waals surface area contributed by atoms with E-state index in [0.717, 1.165) is 19.3 Å². The first kappa shape index (κ1) is 13.6. The number of likely N-dealkylation sites (tertiary alicyclic amines) is 1. The summed E-state index contributed by atoms with van der Waals surface area (Å²) in [6, 6.07) is 0. The fourth-order valence-corrected chi connectivity index (χ4v) is 2.68. The Balaban J connectivity index is 1.80. The van der Waals surface area contributed by atoms with Crippen LogP contribution in [-0.2, 0) is 4.79 Å². The lowest BCUT2D eigenvalue weighted by molar-refractivity contribution is -0.186. The Morgan fingerprint density at radius 3 is 2.22 bits per heavy atom. The maximum atomic E-state index is 12.5. The van der Waals surface area contributed by atoms with Crippen LogP contribution in [-0.4, -0.2) is 35.6 Å². The van der Waals surface area contributed by atoms with Crippen LogP contribution in [0.5, 0.6) is 0 Å². The Labute approximate surface area is 104 Å². The molecule has 2 rings (SSSR count). The molecule has 1 saturated heterocycles. The molecule has 0 radical (unpaired) electrons. The molecular weight excluding hydrogens is 245 g/mol. The van der Waals surface area contributed by atoms with Gasteiger partial charge in [0.05, 0.1) is 5.92 Å². The number of hydrogen-bond donors (Lipinski definition) is 1. The van der Waals surface area contributed by atoms with Crippen molar-refractivity contribution >= 4 is 5.91 Å². The van der Waals surface area contributed by atoms with Crippen molar-refractivity contribution in [1.29, 1.82) is 0 Å². The van der Waals surface area contributed by atoms with Crippen LogP contribution in [0.1, 0.15) is 38.5 Å². The average Bonchev–Trinajstić information content (AvgIpc) is 2.26. The summed E-state index contributed by atoms with van der Waals surface area (Å²) >= 11 is 0. The minimum Gasteiger partial charge on any atom is -0.343 e. The summed E-state index contributed by atoms with van der Waals surface area (Å²) in [7, 11) is 0. The molecule has 1 amide bonds. The number of alkyl halides is 3. The third-order valence-electron chi connectivity index (χ3n) is 4.16. The summed E-state index contributed by atoms with van der Waals surface area (Å²) in [5.41, 5.74) is 5.59. The van der Waals surface area contributed by atoms with Crippen LogP contribution < -0.4 is 5.73 Å².